The standard InChI is InChI=1S/C22H28N2O5S2/c1-16-11-13-24(14-12-16)31(28,29)21-6-4-5-19(15-21)22(25)23-17(2)18-7-9-20(10-8-18)30(3,26)27/h4-10,15-17H,11-14H2,1-3H3,(H,23,25). The van der Waals surface area contributed by atoms with Gasteiger partial charge in [0.05, 0.1) is 15.8 Å². The quantitative estimate of drug-likeness (QED) is 0.708. The van der Waals surface area contributed by atoms with E-state index < -0.39 is 25.8 Å². The minimum absolute atomic E-state index is 0.111. The lowest BCUT2D eigenvalue weighted by Gasteiger charge is -2.29. The Balaban J connectivity index is 1.74. The molecule has 0 aliphatic carbocycles. The van der Waals surface area contributed by atoms with Gasteiger partial charge < -0.3 is 5.32 Å². The molecule has 7 nitrogen and oxygen atoms in total. The molecule has 168 valence electrons. The SMILES string of the molecule is CC1CCN(S(=O)(=O)c2cccc(C(=O)NC(C)c3ccc(S(C)(=O)=O)cc3)c2)CC1. The normalized spacial score (nSPS) is 17.3. The molecule has 2 aromatic carbocycles. The molecule has 1 amide bonds. The van der Waals surface area contributed by atoms with Gasteiger partial charge in [0.2, 0.25) is 10.0 Å². The third-order valence-electron chi connectivity index (χ3n) is 5.63. The summed E-state index contributed by atoms with van der Waals surface area (Å²) in [5.41, 5.74) is 0.998. The summed E-state index contributed by atoms with van der Waals surface area (Å²) in [5, 5.41) is 2.84. The van der Waals surface area contributed by atoms with Crippen molar-refractivity contribution in [3.8, 4) is 0 Å². The highest BCUT2D eigenvalue weighted by Gasteiger charge is 2.28. The first-order valence-corrected chi connectivity index (χ1v) is 13.5. The predicted octanol–water partition coefficient (Wildman–Crippen LogP) is 3.00. The number of rotatable bonds is 6. The highest BCUT2D eigenvalue weighted by molar-refractivity contribution is 7.90. The number of amides is 1. The van der Waals surface area contributed by atoms with Gasteiger partial charge >= 0.3 is 0 Å². The molecule has 0 aromatic heterocycles. The molecule has 2 aromatic rings. The number of piperidine rings is 1. The number of hydrogen-bond donors (Lipinski definition) is 1. The molecule has 1 saturated heterocycles. The van der Waals surface area contributed by atoms with Crippen molar-refractivity contribution in [2.75, 3.05) is 19.3 Å². The van der Waals surface area contributed by atoms with Crippen molar-refractivity contribution >= 4 is 25.8 Å². The van der Waals surface area contributed by atoms with Gasteiger partial charge in [-0.25, -0.2) is 16.8 Å². The second-order valence-electron chi connectivity index (χ2n) is 8.15. The number of sulfone groups is 1. The molecule has 31 heavy (non-hydrogen) atoms. The fraction of sp³-hybridized carbons (Fsp3) is 0.409. The molecule has 0 spiro atoms. The number of carbonyl (C=O) groups excluding carboxylic acids is 1. The van der Waals surface area contributed by atoms with E-state index in [1.165, 1.54) is 28.6 Å². The molecule has 1 N–H and O–H groups in total. The molecule has 1 heterocycles. The zero-order chi connectivity index (χ0) is 22.8. The van der Waals surface area contributed by atoms with E-state index in [0.29, 0.717) is 19.0 Å². The summed E-state index contributed by atoms with van der Waals surface area (Å²) >= 11 is 0. The lowest BCUT2D eigenvalue weighted by Crippen LogP contribution is -2.38. The fourth-order valence-corrected chi connectivity index (χ4v) is 5.69. The molecule has 1 unspecified atom stereocenters. The van der Waals surface area contributed by atoms with Crippen LogP contribution in [-0.2, 0) is 19.9 Å². The summed E-state index contributed by atoms with van der Waals surface area (Å²) < 4.78 is 50.6. The van der Waals surface area contributed by atoms with Gasteiger partial charge in [0.15, 0.2) is 9.84 Å². The van der Waals surface area contributed by atoms with E-state index >= 15 is 0 Å². The maximum Gasteiger partial charge on any atom is 0.251 e. The highest BCUT2D eigenvalue weighted by Crippen LogP contribution is 2.24. The van der Waals surface area contributed by atoms with E-state index in [1.54, 1.807) is 31.2 Å². The number of nitrogens with zero attached hydrogens (tertiary/aromatic N) is 1. The van der Waals surface area contributed by atoms with E-state index in [2.05, 4.69) is 12.2 Å². The average Bonchev–Trinajstić information content (AvgIpc) is 2.73. The lowest BCUT2D eigenvalue weighted by molar-refractivity contribution is 0.0939. The second-order valence-corrected chi connectivity index (χ2v) is 12.1. The Morgan fingerprint density at radius 2 is 1.61 bits per heavy atom. The third-order valence-corrected chi connectivity index (χ3v) is 8.66. The number of hydrogen-bond acceptors (Lipinski definition) is 5. The summed E-state index contributed by atoms with van der Waals surface area (Å²) in [4.78, 5) is 13.1. The Labute approximate surface area is 184 Å². The summed E-state index contributed by atoms with van der Waals surface area (Å²) in [7, 11) is -6.94. The molecule has 1 aliphatic rings. The molecule has 3 rings (SSSR count). The van der Waals surface area contributed by atoms with Crippen molar-refractivity contribution in [1.29, 1.82) is 0 Å². The second kappa shape index (κ2) is 9.10. The Morgan fingerprint density at radius 3 is 2.19 bits per heavy atom. The van der Waals surface area contributed by atoms with E-state index in [1.807, 2.05) is 0 Å². The minimum Gasteiger partial charge on any atom is -0.346 e. The van der Waals surface area contributed by atoms with Crippen LogP contribution in [0.5, 0.6) is 0 Å². The van der Waals surface area contributed by atoms with Gasteiger partial charge in [0.25, 0.3) is 5.91 Å². The van der Waals surface area contributed by atoms with Gasteiger partial charge in [-0.05, 0) is 61.6 Å². The summed E-state index contributed by atoms with van der Waals surface area (Å²) in [6, 6.07) is 12.0. The van der Waals surface area contributed by atoms with Gasteiger partial charge in [0.1, 0.15) is 0 Å². The Morgan fingerprint density at radius 1 is 1.00 bits per heavy atom. The van der Waals surface area contributed by atoms with Crippen molar-refractivity contribution in [3.63, 3.8) is 0 Å². The molecule has 0 radical (unpaired) electrons. The van der Waals surface area contributed by atoms with Crippen LogP contribution in [0.1, 0.15) is 48.7 Å². The van der Waals surface area contributed by atoms with E-state index in [-0.39, 0.29) is 21.4 Å². The largest absolute Gasteiger partial charge is 0.346 e. The topological polar surface area (TPSA) is 101 Å². The van der Waals surface area contributed by atoms with Crippen LogP contribution >= 0.6 is 0 Å². The van der Waals surface area contributed by atoms with E-state index in [9.17, 15) is 21.6 Å². The summed E-state index contributed by atoms with van der Waals surface area (Å²) in [6.45, 7) is 4.87. The highest BCUT2D eigenvalue weighted by atomic mass is 32.2. The summed E-state index contributed by atoms with van der Waals surface area (Å²) in [5.74, 6) is 0.112. The molecule has 0 bridgehead atoms. The van der Waals surface area contributed by atoms with Crippen LogP contribution in [0.15, 0.2) is 58.3 Å². The number of carbonyl (C=O) groups is 1. The Kier molecular flexibility index (Phi) is 6.88. The Hall–Kier alpha value is -2.23. The van der Waals surface area contributed by atoms with Crippen LogP contribution in [0.4, 0.5) is 0 Å². The molecule has 0 saturated carbocycles. The lowest BCUT2D eigenvalue weighted by atomic mass is 10.0. The van der Waals surface area contributed by atoms with Crippen LogP contribution in [0.25, 0.3) is 0 Å². The molecule has 9 heteroatoms. The van der Waals surface area contributed by atoms with E-state index in [0.717, 1.165) is 24.7 Å². The molecule has 1 atom stereocenters. The van der Waals surface area contributed by atoms with Crippen LogP contribution in [0.3, 0.4) is 0 Å². The van der Waals surface area contributed by atoms with Crippen molar-refractivity contribution < 1.29 is 21.6 Å². The first-order valence-electron chi connectivity index (χ1n) is 10.2. The maximum atomic E-state index is 13.0. The van der Waals surface area contributed by atoms with Crippen LogP contribution in [0.2, 0.25) is 0 Å². The van der Waals surface area contributed by atoms with Gasteiger partial charge in [-0.3, -0.25) is 4.79 Å². The monoisotopic (exact) mass is 464 g/mol. The first kappa shape index (κ1) is 23.4. The molecule has 1 fully saturated rings. The van der Waals surface area contributed by atoms with Crippen molar-refractivity contribution in [1.82, 2.24) is 9.62 Å². The van der Waals surface area contributed by atoms with Crippen LogP contribution in [-0.4, -0.2) is 46.4 Å². The number of nitrogens with one attached hydrogen (secondary N) is 1. The predicted molar refractivity (Wildman–Crippen MR) is 119 cm³/mol. The zero-order valence-electron chi connectivity index (χ0n) is 17.9. The molecular formula is C22H28N2O5S2. The van der Waals surface area contributed by atoms with Crippen LogP contribution < -0.4 is 5.32 Å². The average molecular weight is 465 g/mol. The van der Waals surface area contributed by atoms with Crippen molar-refractivity contribution in [2.24, 2.45) is 5.92 Å². The maximum absolute atomic E-state index is 13.0. The summed E-state index contributed by atoms with van der Waals surface area (Å²) in [6.07, 6.45) is 2.79. The van der Waals surface area contributed by atoms with Gasteiger partial charge in [-0.15, -0.1) is 0 Å². The van der Waals surface area contributed by atoms with Crippen molar-refractivity contribution in [3.05, 3.63) is 59.7 Å². The number of benzene rings is 2. The van der Waals surface area contributed by atoms with Crippen LogP contribution in [0, 0.1) is 5.92 Å². The molecular weight excluding hydrogens is 436 g/mol. The fourth-order valence-electron chi connectivity index (χ4n) is 3.54. The van der Waals surface area contributed by atoms with Crippen molar-refractivity contribution in [2.45, 2.75) is 42.5 Å². The molecule has 1 aliphatic heterocycles. The Bertz CT molecular complexity index is 1150. The minimum atomic E-state index is -3.64. The third kappa shape index (κ3) is 5.53. The van der Waals surface area contributed by atoms with E-state index in [4.69, 9.17) is 0 Å². The zero-order valence-corrected chi connectivity index (χ0v) is 19.5. The first-order chi connectivity index (χ1) is 14.5. The van der Waals surface area contributed by atoms with Gasteiger partial charge in [0, 0.05) is 24.9 Å². The smallest absolute Gasteiger partial charge is 0.251 e. The van der Waals surface area contributed by atoms with Gasteiger partial charge in [-0.2, -0.15) is 4.31 Å². The number of sulfonamides is 1. The van der Waals surface area contributed by atoms with Gasteiger partial charge in [-0.1, -0.05) is 25.1 Å².